The Kier molecular flexibility index (Phi) is 3.56. The van der Waals surface area contributed by atoms with Gasteiger partial charge in [0, 0.05) is 25.7 Å². The Morgan fingerprint density at radius 2 is 2.19 bits per heavy atom. The van der Waals surface area contributed by atoms with Crippen molar-refractivity contribution in [2.75, 3.05) is 26.7 Å². The minimum Gasteiger partial charge on any atom is -0.314 e. The van der Waals surface area contributed by atoms with Gasteiger partial charge >= 0.3 is 0 Å². The largest absolute Gasteiger partial charge is 0.314 e. The van der Waals surface area contributed by atoms with Gasteiger partial charge in [0.05, 0.1) is 0 Å². The van der Waals surface area contributed by atoms with E-state index in [0.29, 0.717) is 6.04 Å². The van der Waals surface area contributed by atoms with Gasteiger partial charge in [0.2, 0.25) is 0 Å². The first-order valence-corrected chi connectivity index (χ1v) is 5.83. The molecule has 1 aliphatic heterocycles. The maximum atomic E-state index is 13.1. The first kappa shape index (κ1) is 11.6. The third-order valence-electron chi connectivity index (χ3n) is 3.36. The highest BCUT2D eigenvalue weighted by atomic mass is 19.1. The van der Waals surface area contributed by atoms with Crippen molar-refractivity contribution in [2.24, 2.45) is 0 Å². The molecule has 0 aliphatic carbocycles. The first-order chi connectivity index (χ1) is 7.66. The van der Waals surface area contributed by atoms with Crippen molar-refractivity contribution in [1.82, 2.24) is 10.2 Å². The molecular weight excluding hydrogens is 203 g/mol. The van der Waals surface area contributed by atoms with E-state index in [4.69, 9.17) is 0 Å². The molecule has 1 fully saturated rings. The number of hydrogen-bond donors (Lipinski definition) is 1. The molecule has 0 amide bonds. The highest BCUT2D eigenvalue weighted by Gasteiger charge is 2.20. The van der Waals surface area contributed by atoms with Crippen molar-refractivity contribution in [2.45, 2.75) is 19.4 Å². The molecule has 0 aromatic heterocycles. The van der Waals surface area contributed by atoms with Gasteiger partial charge in [0.25, 0.3) is 0 Å². The van der Waals surface area contributed by atoms with E-state index in [9.17, 15) is 4.39 Å². The number of benzene rings is 1. The van der Waals surface area contributed by atoms with Crippen LogP contribution < -0.4 is 5.32 Å². The summed E-state index contributed by atoms with van der Waals surface area (Å²) in [6.45, 7) is 5.05. The second kappa shape index (κ2) is 4.93. The van der Waals surface area contributed by atoms with E-state index in [1.807, 2.05) is 19.1 Å². The highest BCUT2D eigenvalue weighted by Crippen LogP contribution is 2.11. The molecule has 1 saturated heterocycles. The molecule has 0 spiro atoms. The van der Waals surface area contributed by atoms with Gasteiger partial charge in [0.1, 0.15) is 5.82 Å². The average molecular weight is 222 g/mol. The van der Waals surface area contributed by atoms with Crippen molar-refractivity contribution in [1.29, 1.82) is 0 Å². The summed E-state index contributed by atoms with van der Waals surface area (Å²) >= 11 is 0. The predicted octanol–water partition coefficient (Wildman–Crippen LogP) is 1.58. The Morgan fingerprint density at radius 1 is 1.44 bits per heavy atom. The van der Waals surface area contributed by atoms with Crippen molar-refractivity contribution < 1.29 is 4.39 Å². The maximum absolute atomic E-state index is 13.1. The fraction of sp³-hybridized carbons (Fsp3) is 0.538. The molecule has 0 unspecified atom stereocenters. The standard InChI is InChI=1S/C13H19FN2/c1-10-7-11(3-4-13(10)14)5-6-16(2)12-8-15-9-12/h3-4,7,12,15H,5-6,8-9H2,1-2H3. The molecule has 88 valence electrons. The van der Waals surface area contributed by atoms with Gasteiger partial charge < -0.3 is 10.2 Å². The second-order valence-electron chi connectivity index (χ2n) is 4.63. The zero-order valence-corrected chi connectivity index (χ0v) is 9.96. The molecule has 2 rings (SSSR count). The van der Waals surface area contributed by atoms with Crippen LogP contribution in [0.1, 0.15) is 11.1 Å². The van der Waals surface area contributed by atoms with Gasteiger partial charge in [-0.3, -0.25) is 0 Å². The summed E-state index contributed by atoms with van der Waals surface area (Å²) in [7, 11) is 2.15. The van der Waals surface area contributed by atoms with Crippen LogP contribution in [0.25, 0.3) is 0 Å². The summed E-state index contributed by atoms with van der Waals surface area (Å²) in [5, 5.41) is 3.27. The van der Waals surface area contributed by atoms with Crippen LogP contribution in [-0.2, 0) is 6.42 Å². The summed E-state index contributed by atoms with van der Waals surface area (Å²) in [5.41, 5.74) is 1.96. The fourth-order valence-electron chi connectivity index (χ4n) is 1.94. The van der Waals surface area contributed by atoms with Gasteiger partial charge in [-0.2, -0.15) is 0 Å². The Morgan fingerprint density at radius 3 is 2.75 bits per heavy atom. The topological polar surface area (TPSA) is 15.3 Å². The van der Waals surface area contributed by atoms with Crippen LogP contribution >= 0.6 is 0 Å². The lowest BCUT2D eigenvalue weighted by atomic mass is 10.1. The zero-order chi connectivity index (χ0) is 11.5. The van der Waals surface area contributed by atoms with Crippen molar-refractivity contribution in [3.05, 3.63) is 35.1 Å². The van der Waals surface area contributed by atoms with Crippen LogP contribution in [0.15, 0.2) is 18.2 Å². The third kappa shape index (κ3) is 2.60. The summed E-state index contributed by atoms with van der Waals surface area (Å²) in [6.07, 6.45) is 0.994. The number of halogens is 1. The Hall–Kier alpha value is -0.930. The molecule has 3 heteroatoms. The van der Waals surface area contributed by atoms with E-state index in [0.717, 1.165) is 31.6 Å². The number of nitrogens with one attached hydrogen (secondary N) is 1. The van der Waals surface area contributed by atoms with E-state index in [1.165, 1.54) is 5.56 Å². The van der Waals surface area contributed by atoms with Crippen molar-refractivity contribution in [3.8, 4) is 0 Å². The molecule has 0 radical (unpaired) electrons. The smallest absolute Gasteiger partial charge is 0.126 e. The number of rotatable bonds is 4. The number of hydrogen-bond acceptors (Lipinski definition) is 2. The van der Waals surface area contributed by atoms with E-state index in [-0.39, 0.29) is 5.82 Å². The first-order valence-electron chi connectivity index (χ1n) is 5.83. The number of nitrogens with zero attached hydrogens (tertiary/aromatic N) is 1. The van der Waals surface area contributed by atoms with E-state index in [1.54, 1.807) is 6.07 Å². The van der Waals surface area contributed by atoms with E-state index < -0.39 is 0 Å². The molecule has 1 heterocycles. The van der Waals surface area contributed by atoms with Crippen molar-refractivity contribution in [3.63, 3.8) is 0 Å². The minimum atomic E-state index is -0.111. The molecule has 1 aromatic rings. The summed E-state index contributed by atoms with van der Waals surface area (Å²) in [5.74, 6) is -0.111. The molecule has 1 aliphatic rings. The number of aryl methyl sites for hydroxylation is 1. The van der Waals surface area contributed by atoms with Crippen LogP contribution in [0.3, 0.4) is 0 Å². The molecular formula is C13H19FN2. The summed E-state index contributed by atoms with van der Waals surface area (Å²) in [6, 6.07) is 6.08. The second-order valence-corrected chi connectivity index (χ2v) is 4.63. The normalized spacial score (nSPS) is 16.5. The van der Waals surface area contributed by atoms with Crippen LogP contribution in [0.2, 0.25) is 0 Å². The predicted molar refractivity (Wildman–Crippen MR) is 64.1 cm³/mol. The lowest BCUT2D eigenvalue weighted by molar-refractivity contribution is 0.182. The molecule has 16 heavy (non-hydrogen) atoms. The van der Waals surface area contributed by atoms with Crippen molar-refractivity contribution >= 4 is 0 Å². The summed E-state index contributed by atoms with van der Waals surface area (Å²) < 4.78 is 13.1. The minimum absolute atomic E-state index is 0.111. The van der Waals surface area contributed by atoms with Gasteiger partial charge in [-0.15, -0.1) is 0 Å². The quantitative estimate of drug-likeness (QED) is 0.832. The monoisotopic (exact) mass is 222 g/mol. The van der Waals surface area contributed by atoms with Gasteiger partial charge in [0.15, 0.2) is 0 Å². The van der Waals surface area contributed by atoms with Gasteiger partial charge in [-0.25, -0.2) is 4.39 Å². The van der Waals surface area contributed by atoms with Crippen LogP contribution in [-0.4, -0.2) is 37.6 Å². The van der Waals surface area contributed by atoms with Gasteiger partial charge in [-0.1, -0.05) is 12.1 Å². The van der Waals surface area contributed by atoms with Crippen LogP contribution in [0.4, 0.5) is 4.39 Å². The molecule has 0 saturated carbocycles. The average Bonchev–Trinajstić information content (AvgIpc) is 2.17. The van der Waals surface area contributed by atoms with E-state index >= 15 is 0 Å². The van der Waals surface area contributed by atoms with Gasteiger partial charge in [-0.05, 0) is 37.6 Å². The maximum Gasteiger partial charge on any atom is 0.126 e. The SMILES string of the molecule is Cc1cc(CCN(C)C2CNC2)ccc1F. The third-order valence-corrected chi connectivity index (χ3v) is 3.36. The lowest BCUT2D eigenvalue weighted by Crippen LogP contribution is -2.56. The Balaban J connectivity index is 1.86. The molecule has 0 atom stereocenters. The Labute approximate surface area is 96.5 Å². The zero-order valence-electron chi connectivity index (χ0n) is 9.96. The highest BCUT2D eigenvalue weighted by molar-refractivity contribution is 5.24. The fourth-order valence-corrected chi connectivity index (χ4v) is 1.94. The van der Waals surface area contributed by atoms with E-state index in [2.05, 4.69) is 17.3 Å². The Bertz CT molecular complexity index is 361. The number of likely N-dealkylation sites (N-methyl/N-ethyl adjacent to an activating group) is 1. The molecule has 0 bridgehead atoms. The molecule has 1 aromatic carbocycles. The molecule has 2 nitrogen and oxygen atoms in total. The summed E-state index contributed by atoms with van der Waals surface area (Å²) in [4.78, 5) is 2.37. The van der Waals surface area contributed by atoms with Crippen LogP contribution in [0, 0.1) is 12.7 Å². The molecule has 1 N–H and O–H groups in total. The lowest BCUT2D eigenvalue weighted by Gasteiger charge is -2.35. The van der Waals surface area contributed by atoms with Crippen LogP contribution in [0.5, 0.6) is 0 Å².